The van der Waals surface area contributed by atoms with Gasteiger partial charge < -0.3 is 14.8 Å². The van der Waals surface area contributed by atoms with Crippen molar-refractivity contribution in [3.63, 3.8) is 0 Å². The zero-order chi connectivity index (χ0) is 11.6. The van der Waals surface area contributed by atoms with E-state index < -0.39 is 0 Å². The largest absolute Gasteiger partial charge is 0.485 e. The second-order valence-electron chi connectivity index (χ2n) is 4.17. The predicted molar refractivity (Wildman–Crippen MR) is 59.7 cm³/mol. The maximum absolute atomic E-state index is 11.2. The average Bonchev–Trinajstić information content (AvgIpc) is 2.27. The number of carbonyl (C=O) groups excluding carboxylic acids is 1. The Morgan fingerprint density at radius 2 is 1.94 bits per heavy atom. The summed E-state index contributed by atoms with van der Waals surface area (Å²) in [7, 11) is 1.37. The van der Waals surface area contributed by atoms with Gasteiger partial charge in [0, 0.05) is 13.1 Å². The van der Waals surface area contributed by atoms with Gasteiger partial charge in [0.05, 0.1) is 12.7 Å². The lowest BCUT2D eigenvalue weighted by molar-refractivity contribution is 0.0348. The van der Waals surface area contributed by atoms with E-state index in [-0.39, 0.29) is 11.6 Å². The third-order valence-electron chi connectivity index (χ3n) is 2.64. The summed E-state index contributed by atoms with van der Waals surface area (Å²) in [5.74, 6) is 0.444. The van der Waals surface area contributed by atoms with Gasteiger partial charge in [0.2, 0.25) is 0 Å². The fourth-order valence-corrected chi connectivity index (χ4v) is 1.61. The molecule has 4 heteroatoms. The topological polar surface area (TPSA) is 47.6 Å². The molecule has 16 heavy (non-hydrogen) atoms. The van der Waals surface area contributed by atoms with Crippen molar-refractivity contribution in [2.24, 2.45) is 0 Å². The molecule has 1 aliphatic rings. The lowest BCUT2D eigenvalue weighted by atomic mass is 10.00. The molecule has 0 unspecified atom stereocenters. The maximum atomic E-state index is 11.2. The highest BCUT2D eigenvalue weighted by Crippen LogP contribution is 2.22. The molecular formula is C12H15NO3. The van der Waals surface area contributed by atoms with Crippen molar-refractivity contribution in [2.45, 2.75) is 12.5 Å². The predicted octanol–water partition coefficient (Wildman–Crippen LogP) is 1.21. The highest BCUT2D eigenvalue weighted by atomic mass is 16.5. The number of esters is 1. The van der Waals surface area contributed by atoms with Gasteiger partial charge in [-0.15, -0.1) is 0 Å². The van der Waals surface area contributed by atoms with E-state index in [0.29, 0.717) is 5.56 Å². The summed E-state index contributed by atoms with van der Waals surface area (Å²) in [5, 5.41) is 3.16. The molecule has 1 aliphatic heterocycles. The average molecular weight is 221 g/mol. The van der Waals surface area contributed by atoms with Crippen LogP contribution in [-0.4, -0.2) is 31.8 Å². The quantitative estimate of drug-likeness (QED) is 0.779. The highest BCUT2D eigenvalue weighted by Gasteiger charge is 2.33. The second-order valence-corrected chi connectivity index (χ2v) is 4.17. The molecule has 1 aromatic carbocycles. The standard InChI is InChI=1S/C12H15NO3/c1-12(7-13-8-12)16-10-5-3-9(4-6-10)11(14)15-2/h3-6,13H,7-8H2,1-2H3. The fraction of sp³-hybridized carbons (Fsp3) is 0.417. The molecule has 0 aromatic heterocycles. The molecule has 0 amide bonds. The number of hydrogen-bond donors (Lipinski definition) is 1. The van der Waals surface area contributed by atoms with Crippen molar-refractivity contribution < 1.29 is 14.3 Å². The molecule has 2 rings (SSSR count). The van der Waals surface area contributed by atoms with Crippen LogP contribution in [0.1, 0.15) is 17.3 Å². The number of methoxy groups -OCH3 is 1. The molecule has 1 aromatic rings. The third-order valence-corrected chi connectivity index (χ3v) is 2.64. The first-order valence-corrected chi connectivity index (χ1v) is 5.21. The Bertz CT molecular complexity index is 382. The first-order valence-electron chi connectivity index (χ1n) is 5.21. The molecule has 0 atom stereocenters. The van der Waals surface area contributed by atoms with E-state index >= 15 is 0 Å². The van der Waals surface area contributed by atoms with Crippen LogP contribution in [0.15, 0.2) is 24.3 Å². The first kappa shape index (κ1) is 11.0. The van der Waals surface area contributed by atoms with Crippen LogP contribution in [0.5, 0.6) is 5.75 Å². The minimum atomic E-state index is -0.330. The molecule has 0 bridgehead atoms. The number of benzene rings is 1. The van der Waals surface area contributed by atoms with Gasteiger partial charge >= 0.3 is 5.97 Å². The fourth-order valence-electron chi connectivity index (χ4n) is 1.61. The smallest absolute Gasteiger partial charge is 0.337 e. The summed E-state index contributed by atoms with van der Waals surface area (Å²) < 4.78 is 10.4. The van der Waals surface area contributed by atoms with Crippen LogP contribution in [0.2, 0.25) is 0 Å². The van der Waals surface area contributed by atoms with E-state index in [1.165, 1.54) is 7.11 Å². The molecule has 0 radical (unpaired) electrons. The van der Waals surface area contributed by atoms with Gasteiger partial charge in [-0.05, 0) is 31.2 Å². The van der Waals surface area contributed by atoms with Crippen LogP contribution in [0.25, 0.3) is 0 Å². The molecule has 0 aliphatic carbocycles. The normalized spacial score (nSPS) is 17.4. The van der Waals surface area contributed by atoms with Crippen LogP contribution >= 0.6 is 0 Å². The van der Waals surface area contributed by atoms with E-state index in [0.717, 1.165) is 18.8 Å². The van der Waals surface area contributed by atoms with Gasteiger partial charge in [-0.1, -0.05) is 0 Å². The Morgan fingerprint density at radius 3 is 2.38 bits per heavy atom. The maximum Gasteiger partial charge on any atom is 0.337 e. The summed E-state index contributed by atoms with van der Waals surface area (Å²) in [4.78, 5) is 11.2. The molecule has 1 saturated heterocycles. The number of ether oxygens (including phenoxy) is 2. The van der Waals surface area contributed by atoms with Crippen LogP contribution < -0.4 is 10.1 Å². The minimum Gasteiger partial charge on any atom is -0.485 e. The van der Waals surface area contributed by atoms with Crippen molar-refractivity contribution in [3.05, 3.63) is 29.8 Å². The molecule has 4 nitrogen and oxygen atoms in total. The van der Waals surface area contributed by atoms with Gasteiger partial charge in [-0.3, -0.25) is 0 Å². The third kappa shape index (κ3) is 2.17. The van der Waals surface area contributed by atoms with Crippen molar-refractivity contribution in [3.8, 4) is 5.75 Å². The summed E-state index contributed by atoms with van der Waals surface area (Å²) in [6.07, 6.45) is 0. The van der Waals surface area contributed by atoms with E-state index in [1.54, 1.807) is 24.3 Å². The van der Waals surface area contributed by atoms with Crippen molar-refractivity contribution in [1.29, 1.82) is 0 Å². The number of nitrogens with one attached hydrogen (secondary N) is 1. The number of carbonyl (C=O) groups is 1. The van der Waals surface area contributed by atoms with Gasteiger partial charge in [0.1, 0.15) is 11.4 Å². The van der Waals surface area contributed by atoms with Gasteiger partial charge in [0.15, 0.2) is 0 Å². The summed E-state index contributed by atoms with van der Waals surface area (Å²) >= 11 is 0. The lowest BCUT2D eigenvalue weighted by Crippen LogP contribution is -2.60. The lowest BCUT2D eigenvalue weighted by Gasteiger charge is -2.39. The molecule has 86 valence electrons. The second kappa shape index (κ2) is 4.14. The Balaban J connectivity index is 2.04. The molecule has 1 N–H and O–H groups in total. The molecule has 0 saturated carbocycles. The summed E-state index contributed by atoms with van der Waals surface area (Å²) in [6, 6.07) is 6.99. The SMILES string of the molecule is COC(=O)c1ccc(OC2(C)CNC2)cc1. The summed E-state index contributed by atoms with van der Waals surface area (Å²) in [6.45, 7) is 3.76. The molecule has 1 heterocycles. The van der Waals surface area contributed by atoms with Crippen LogP contribution in [0, 0.1) is 0 Å². The Kier molecular flexibility index (Phi) is 2.83. The Morgan fingerprint density at radius 1 is 1.31 bits per heavy atom. The van der Waals surface area contributed by atoms with E-state index in [9.17, 15) is 4.79 Å². The van der Waals surface area contributed by atoms with Crippen molar-refractivity contribution in [1.82, 2.24) is 5.32 Å². The van der Waals surface area contributed by atoms with E-state index in [2.05, 4.69) is 17.0 Å². The van der Waals surface area contributed by atoms with E-state index in [1.807, 2.05) is 0 Å². The van der Waals surface area contributed by atoms with Crippen LogP contribution in [0.4, 0.5) is 0 Å². The first-order chi connectivity index (χ1) is 7.63. The van der Waals surface area contributed by atoms with E-state index in [4.69, 9.17) is 4.74 Å². The molecule has 0 spiro atoms. The number of rotatable bonds is 3. The van der Waals surface area contributed by atoms with Gasteiger partial charge in [-0.2, -0.15) is 0 Å². The molecule has 1 fully saturated rings. The minimum absolute atomic E-state index is 0.118. The monoisotopic (exact) mass is 221 g/mol. The molecular weight excluding hydrogens is 206 g/mol. The van der Waals surface area contributed by atoms with Gasteiger partial charge in [-0.25, -0.2) is 4.79 Å². The zero-order valence-electron chi connectivity index (χ0n) is 9.45. The summed E-state index contributed by atoms with van der Waals surface area (Å²) in [5.41, 5.74) is 0.416. The van der Waals surface area contributed by atoms with Gasteiger partial charge in [0.25, 0.3) is 0 Å². The van der Waals surface area contributed by atoms with Crippen molar-refractivity contribution >= 4 is 5.97 Å². The van der Waals surface area contributed by atoms with Crippen LogP contribution in [0.3, 0.4) is 0 Å². The Hall–Kier alpha value is -1.55. The van der Waals surface area contributed by atoms with Crippen LogP contribution in [-0.2, 0) is 4.74 Å². The highest BCUT2D eigenvalue weighted by molar-refractivity contribution is 5.89. The van der Waals surface area contributed by atoms with Crippen molar-refractivity contribution in [2.75, 3.05) is 20.2 Å². The Labute approximate surface area is 94.6 Å². The zero-order valence-corrected chi connectivity index (χ0v) is 9.45. The number of hydrogen-bond acceptors (Lipinski definition) is 4.